The highest BCUT2D eigenvalue weighted by molar-refractivity contribution is 7.92. The minimum Gasteiger partial charge on any atom is -0.337 e. The molecule has 0 aliphatic carbocycles. The molecule has 0 aliphatic heterocycles. The first-order valence-electron chi connectivity index (χ1n) is 8.82. The van der Waals surface area contributed by atoms with Crippen molar-refractivity contribution in [1.29, 1.82) is 0 Å². The van der Waals surface area contributed by atoms with Gasteiger partial charge in [-0.25, -0.2) is 22.8 Å². The summed E-state index contributed by atoms with van der Waals surface area (Å²) in [6, 6.07) is 5.41. The van der Waals surface area contributed by atoms with Gasteiger partial charge in [-0.3, -0.25) is 9.52 Å². The van der Waals surface area contributed by atoms with Crippen LogP contribution in [-0.2, 0) is 10.0 Å². The lowest BCUT2D eigenvalue weighted by molar-refractivity contribution is 0.606. The Balaban J connectivity index is 2.16. The Labute approximate surface area is 177 Å². The number of sulfonamides is 1. The predicted molar refractivity (Wildman–Crippen MR) is 115 cm³/mol. The van der Waals surface area contributed by atoms with Gasteiger partial charge in [0, 0.05) is 16.3 Å². The molecule has 0 aliphatic rings. The zero-order valence-corrected chi connectivity index (χ0v) is 17.9. The fraction of sp³-hybridized carbons (Fsp3) is 0.211. The number of anilines is 3. The molecule has 0 spiro atoms. The number of rotatable bonds is 6. The van der Waals surface area contributed by atoms with E-state index < -0.39 is 21.4 Å². The summed E-state index contributed by atoms with van der Waals surface area (Å²) < 4.78 is 40.0. The van der Waals surface area contributed by atoms with E-state index in [2.05, 4.69) is 25.0 Å². The van der Waals surface area contributed by atoms with Crippen LogP contribution < -0.4 is 15.6 Å². The smallest absolute Gasteiger partial charge is 0.256 e. The van der Waals surface area contributed by atoms with Gasteiger partial charge < -0.3 is 10.3 Å². The summed E-state index contributed by atoms with van der Waals surface area (Å²) in [6.07, 6.45) is 3.55. The molecule has 2 aromatic heterocycles. The molecule has 2 heterocycles. The van der Waals surface area contributed by atoms with Crippen molar-refractivity contribution >= 4 is 38.8 Å². The lowest BCUT2D eigenvalue weighted by atomic mass is 10.0. The summed E-state index contributed by atoms with van der Waals surface area (Å²) in [5, 5.41) is 3.29. The average molecular weight is 452 g/mol. The van der Waals surface area contributed by atoms with Crippen molar-refractivity contribution in [3.05, 3.63) is 63.7 Å². The third-order valence-electron chi connectivity index (χ3n) is 4.13. The van der Waals surface area contributed by atoms with Gasteiger partial charge in [0.2, 0.25) is 10.0 Å². The summed E-state index contributed by atoms with van der Waals surface area (Å²) >= 11 is 5.98. The van der Waals surface area contributed by atoms with E-state index in [-0.39, 0.29) is 33.6 Å². The maximum absolute atomic E-state index is 14.4. The maximum atomic E-state index is 14.4. The Morgan fingerprint density at radius 2 is 1.90 bits per heavy atom. The van der Waals surface area contributed by atoms with Gasteiger partial charge in [0.1, 0.15) is 17.8 Å². The molecule has 158 valence electrons. The summed E-state index contributed by atoms with van der Waals surface area (Å²) in [7, 11) is -3.58. The van der Waals surface area contributed by atoms with Crippen LogP contribution in [0.3, 0.4) is 0 Å². The molecule has 8 nitrogen and oxygen atoms in total. The van der Waals surface area contributed by atoms with E-state index in [1.807, 2.05) is 13.8 Å². The van der Waals surface area contributed by atoms with Crippen LogP contribution in [0, 0.1) is 5.82 Å². The van der Waals surface area contributed by atoms with Gasteiger partial charge in [-0.1, -0.05) is 25.4 Å². The summed E-state index contributed by atoms with van der Waals surface area (Å²) in [4.78, 5) is 23.3. The molecule has 3 N–H and O–H groups in total. The Kier molecular flexibility index (Phi) is 6.09. The zero-order valence-electron chi connectivity index (χ0n) is 16.3. The number of halogens is 2. The van der Waals surface area contributed by atoms with Crippen LogP contribution in [0.5, 0.6) is 0 Å². The van der Waals surface area contributed by atoms with E-state index in [0.29, 0.717) is 11.4 Å². The lowest BCUT2D eigenvalue weighted by Crippen LogP contribution is -2.16. The van der Waals surface area contributed by atoms with E-state index >= 15 is 0 Å². The van der Waals surface area contributed by atoms with Crippen LogP contribution in [0.4, 0.5) is 21.6 Å². The average Bonchev–Trinajstić information content (AvgIpc) is 2.65. The molecule has 0 radical (unpaired) electrons. The maximum Gasteiger partial charge on any atom is 0.256 e. The largest absolute Gasteiger partial charge is 0.337 e. The number of hydrogen-bond donors (Lipinski definition) is 3. The minimum absolute atomic E-state index is 0.0410. The van der Waals surface area contributed by atoms with Gasteiger partial charge >= 0.3 is 0 Å². The SMILES string of the molecule is CC(C)c1[nH]c(=O)c(-c2cc(Cl)ccc2F)cc1Nc1ncncc1NS(C)(=O)=O. The van der Waals surface area contributed by atoms with Gasteiger partial charge in [-0.15, -0.1) is 0 Å². The molecule has 0 saturated heterocycles. The summed E-state index contributed by atoms with van der Waals surface area (Å²) in [5.41, 5.74) is 0.705. The van der Waals surface area contributed by atoms with Gasteiger partial charge in [0.15, 0.2) is 5.82 Å². The van der Waals surface area contributed by atoms with E-state index in [1.165, 1.54) is 36.8 Å². The van der Waals surface area contributed by atoms with Crippen molar-refractivity contribution in [3.63, 3.8) is 0 Å². The molecule has 11 heteroatoms. The van der Waals surface area contributed by atoms with E-state index in [1.54, 1.807) is 0 Å². The first-order chi connectivity index (χ1) is 14.0. The second-order valence-corrected chi connectivity index (χ2v) is 9.09. The van der Waals surface area contributed by atoms with Crippen LogP contribution in [0.2, 0.25) is 5.02 Å². The third-order valence-corrected chi connectivity index (χ3v) is 4.95. The highest BCUT2D eigenvalue weighted by atomic mass is 35.5. The van der Waals surface area contributed by atoms with Crippen molar-refractivity contribution in [3.8, 4) is 11.1 Å². The monoisotopic (exact) mass is 451 g/mol. The number of aromatic amines is 1. The Morgan fingerprint density at radius 3 is 2.57 bits per heavy atom. The van der Waals surface area contributed by atoms with Gasteiger partial charge in [0.25, 0.3) is 5.56 Å². The highest BCUT2D eigenvalue weighted by Crippen LogP contribution is 2.31. The second kappa shape index (κ2) is 8.41. The van der Waals surface area contributed by atoms with Crippen molar-refractivity contribution in [2.24, 2.45) is 0 Å². The molecule has 0 unspecified atom stereocenters. The van der Waals surface area contributed by atoms with Gasteiger partial charge in [0.05, 0.1) is 23.7 Å². The predicted octanol–water partition coefficient (Wildman–Crippen LogP) is 3.86. The van der Waals surface area contributed by atoms with Crippen molar-refractivity contribution < 1.29 is 12.8 Å². The number of benzene rings is 1. The first kappa shape index (κ1) is 21.7. The topological polar surface area (TPSA) is 117 Å². The quantitative estimate of drug-likeness (QED) is 0.524. The number of pyridine rings is 1. The fourth-order valence-electron chi connectivity index (χ4n) is 2.84. The Hall–Kier alpha value is -2.98. The molecule has 0 fully saturated rings. The standard InChI is InChI=1S/C19H19ClFN5O3S/c1-10(2)17-15(24-18-16(8-22-9-23-18)26-30(3,28)29)7-13(19(27)25-17)12-6-11(20)4-5-14(12)21/h4-10,26H,1-3H3,(H,25,27)(H,22,23,24). The Morgan fingerprint density at radius 1 is 1.17 bits per heavy atom. The summed E-state index contributed by atoms with van der Waals surface area (Å²) in [5.74, 6) is -0.539. The number of hydrogen-bond acceptors (Lipinski definition) is 6. The van der Waals surface area contributed by atoms with E-state index in [9.17, 15) is 17.6 Å². The molecule has 3 aromatic rings. The third kappa shape index (κ3) is 4.95. The molecule has 30 heavy (non-hydrogen) atoms. The summed E-state index contributed by atoms with van der Waals surface area (Å²) in [6.45, 7) is 3.73. The van der Waals surface area contributed by atoms with Crippen LogP contribution in [0.25, 0.3) is 11.1 Å². The van der Waals surface area contributed by atoms with Crippen LogP contribution in [0.15, 0.2) is 41.6 Å². The number of nitrogens with one attached hydrogen (secondary N) is 3. The van der Waals surface area contributed by atoms with Crippen molar-refractivity contribution in [1.82, 2.24) is 15.0 Å². The van der Waals surface area contributed by atoms with Crippen LogP contribution in [-0.4, -0.2) is 29.6 Å². The molecular formula is C19H19ClFN5O3S. The van der Waals surface area contributed by atoms with Crippen molar-refractivity contribution in [2.45, 2.75) is 19.8 Å². The number of H-pyrrole nitrogens is 1. The first-order valence-corrected chi connectivity index (χ1v) is 11.1. The fourth-order valence-corrected chi connectivity index (χ4v) is 3.56. The second-order valence-electron chi connectivity index (χ2n) is 6.90. The Bertz CT molecular complexity index is 1260. The molecule has 0 amide bonds. The van der Waals surface area contributed by atoms with Crippen LogP contribution in [0.1, 0.15) is 25.5 Å². The van der Waals surface area contributed by atoms with E-state index in [4.69, 9.17) is 11.6 Å². The van der Waals surface area contributed by atoms with Crippen molar-refractivity contribution in [2.75, 3.05) is 16.3 Å². The normalized spacial score (nSPS) is 11.5. The molecule has 0 atom stereocenters. The molecule has 0 bridgehead atoms. The van der Waals surface area contributed by atoms with Gasteiger partial charge in [-0.2, -0.15) is 0 Å². The van der Waals surface area contributed by atoms with E-state index in [0.717, 1.165) is 6.26 Å². The minimum atomic E-state index is -3.58. The molecule has 0 saturated carbocycles. The van der Waals surface area contributed by atoms with Crippen LogP contribution >= 0.6 is 11.6 Å². The lowest BCUT2D eigenvalue weighted by Gasteiger charge is -2.17. The van der Waals surface area contributed by atoms with Gasteiger partial charge in [-0.05, 0) is 30.2 Å². The highest BCUT2D eigenvalue weighted by Gasteiger charge is 2.18. The molecular weight excluding hydrogens is 433 g/mol. The number of nitrogens with zero attached hydrogens (tertiary/aromatic N) is 2. The number of aromatic nitrogens is 3. The molecule has 3 rings (SSSR count). The molecule has 1 aromatic carbocycles. The zero-order chi connectivity index (χ0) is 22.1.